The van der Waals surface area contributed by atoms with Crippen molar-refractivity contribution in [2.24, 2.45) is 5.41 Å². The van der Waals surface area contributed by atoms with Gasteiger partial charge in [0.15, 0.2) is 0 Å². The summed E-state index contributed by atoms with van der Waals surface area (Å²) in [6.45, 7) is 18.4. The summed E-state index contributed by atoms with van der Waals surface area (Å²) >= 11 is 0. The minimum absolute atomic E-state index is 0.0340. The van der Waals surface area contributed by atoms with Crippen LogP contribution in [-0.4, -0.2) is 47.2 Å². The molecule has 1 fully saturated rings. The molecule has 2 aromatic carbocycles. The maximum atomic E-state index is 13.8. The molecule has 0 bridgehead atoms. The van der Waals surface area contributed by atoms with E-state index in [1.165, 1.54) is 11.1 Å². The fourth-order valence-corrected chi connectivity index (χ4v) is 5.75. The van der Waals surface area contributed by atoms with Crippen molar-refractivity contribution in [2.45, 2.75) is 45.9 Å². The van der Waals surface area contributed by atoms with E-state index >= 15 is 0 Å². The van der Waals surface area contributed by atoms with Crippen molar-refractivity contribution in [3.05, 3.63) is 65.7 Å². The van der Waals surface area contributed by atoms with E-state index in [0.29, 0.717) is 19.7 Å². The molecule has 1 atom stereocenters. The number of benzene rings is 2. The van der Waals surface area contributed by atoms with Gasteiger partial charge < -0.3 is 9.64 Å². The Kier molecular flexibility index (Phi) is 7.41. The van der Waals surface area contributed by atoms with Gasteiger partial charge in [-0.3, -0.25) is 0 Å². The summed E-state index contributed by atoms with van der Waals surface area (Å²) in [6.07, 6.45) is 0.921. The molecule has 0 saturated carbocycles. The van der Waals surface area contributed by atoms with Gasteiger partial charge in [-0.15, -0.1) is 0 Å². The van der Waals surface area contributed by atoms with Gasteiger partial charge in [-0.25, -0.2) is 8.51 Å². The number of hydrogen-bond donors (Lipinski definition) is 0. The highest BCUT2D eigenvalue weighted by Crippen LogP contribution is 2.32. The molecule has 0 radical (unpaired) electrons. The van der Waals surface area contributed by atoms with Crippen molar-refractivity contribution in [3.63, 3.8) is 0 Å². The average Bonchev–Trinajstić information content (AvgIpc) is 2.75. The lowest BCUT2D eigenvalue weighted by molar-refractivity contribution is 0.337. The van der Waals surface area contributed by atoms with Crippen LogP contribution in [0.2, 0.25) is 0 Å². The van der Waals surface area contributed by atoms with Gasteiger partial charge in [0.25, 0.3) is 0 Å². The number of allylic oxidation sites excluding steroid dienone is 1. The van der Waals surface area contributed by atoms with Gasteiger partial charge in [0.2, 0.25) is 0 Å². The quantitative estimate of drug-likeness (QED) is 0.398. The first-order chi connectivity index (χ1) is 15.1. The van der Waals surface area contributed by atoms with E-state index in [1.807, 2.05) is 35.5 Å². The molecule has 0 N–H and O–H groups in total. The molecule has 1 aliphatic rings. The Balaban J connectivity index is 1.73. The second kappa shape index (κ2) is 9.72. The third-order valence-electron chi connectivity index (χ3n) is 6.63. The second-order valence-electron chi connectivity index (χ2n) is 9.39. The number of anilines is 1. The minimum Gasteiger partial charge on any atom is -0.492 e. The molecule has 2 aromatic rings. The molecule has 0 spiro atoms. The molecule has 1 unspecified atom stereocenters. The highest BCUT2D eigenvalue weighted by atomic mass is 32.2. The summed E-state index contributed by atoms with van der Waals surface area (Å²) in [5.74, 6) is 5.08. The molecule has 1 aliphatic heterocycles. The molecular formula is C27H38N2O2S. The van der Waals surface area contributed by atoms with Crippen LogP contribution >= 0.6 is 0 Å². The van der Waals surface area contributed by atoms with Crippen LogP contribution in [0.25, 0.3) is 0 Å². The molecule has 0 amide bonds. The van der Waals surface area contributed by atoms with Gasteiger partial charge in [0.1, 0.15) is 5.75 Å². The van der Waals surface area contributed by atoms with Gasteiger partial charge in [0.05, 0.1) is 22.0 Å². The zero-order valence-electron chi connectivity index (χ0n) is 20.3. The van der Waals surface area contributed by atoms with Crippen molar-refractivity contribution in [1.82, 2.24) is 4.31 Å². The van der Waals surface area contributed by atoms with E-state index in [4.69, 9.17) is 4.74 Å². The lowest BCUT2D eigenvalue weighted by Gasteiger charge is -2.38. The number of nitrogens with zero attached hydrogens (tertiary/aromatic N) is 2. The zero-order chi connectivity index (χ0) is 23.5. The Labute approximate surface area is 195 Å². The second-order valence-corrected chi connectivity index (χ2v) is 11.7. The van der Waals surface area contributed by atoms with Gasteiger partial charge in [-0.05, 0) is 73.9 Å². The van der Waals surface area contributed by atoms with E-state index < -0.39 is 9.71 Å². The molecule has 4 nitrogen and oxygen atoms in total. The molecule has 0 aliphatic carbocycles. The number of ether oxygens (including phenoxy) is 1. The largest absolute Gasteiger partial charge is 0.492 e. The molecule has 32 heavy (non-hydrogen) atoms. The van der Waals surface area contributed by atoms with Crippen LogP contribution in [0.5, 0.6) is 5.75 Å². The summed E-state index contributed by atoms with van der Waals surface area (Å²) in [5.41, 5.74) is 4.74. The van der Waals surface area contributed by atoms with Crippen LogP contribution in [0.4, 0.5) is 5.69 Å². The number of piperazine rings is 1. The third kappa shape index (κ3) is 5.21. The van der Waals surface area contributed by atoms with E-state index in [0.717, 1.165) is 41.4 Å². The summed E-state index contributed by atoms with van der Waals surface area (Å²) in [5, 5.41) is 0. The van der Waals surface area contributed by atoms with Crippen LogP contribution in [0.3, 0.4) is 0 Å². The maximum absolute atomic E-state index is 13.8. The van der Waals surface area contributed by atoms with Crippen molar-refractivity contribution in [2.75, 3.05) is 37.7 Å². The van der Waals surface area contributed by atoms with Crippen LogP contribution in [0.15, 0.2) is 59.5 Å². The predicted octanol–water partition coefficient (Wildman–Crippen LogP) is 5.35. The molecular weight excluding hydrogens is 416 g/mol. The van der Waals surface area contributed by atoms with E-state index in [2.05, 4.69) is 63.2 Å². The Morgan fingerprint density at radius 1 is 1.12 bits per heavy atom. The Hall–Kier alpha value is -2.24. The SMILES string of the molecule is C=C(C)C(C)(C)Cc1ccc(S(=C)(=O)N2CCN(c3ccccc3OCC)CC2)cc1C. The Morgan fingerprint density at radius 3 is 2.38 bits per heavy atom. The highest BCUT2D eigenvalue weighted by Gasteiger charge is 2.26. The van der Waals surface area contributed by atoms with Crippen LogP contribution in [0.1, 0.15) is 38.8 Å². The van der Waals surface area contributed by atoms with Crippen molar-refractivity contribution < 1.29 is 8.95 Å². The fourth-order valence-electron chi connectivity index (χ4n) is 4.06. The van der Waals surface area contributed by atoms with Crippen LogP contribution in [-0.2, 0) is 16.1 Å². The zero-order valence-corrected chi connectivity index (χ0v) is 21.1. The molecule has 5 heteroatoms. The predicted molar refractivity (Wildman–Crippen MR) is 138 cm³/mol. The minimum atomic E-state index is -2.53. The smallest absolute Gasteiger partial charge is 0.142 e. The van der Waals surface area contributed by atoms with E-state index in [1.54, 1.807) is 0 Å². The van der Waals surface area contributed by atoms with Crippen molar-refractivity contribution >= 4 is 21.3 Å². The normalized spacial score (nSPS) is 17.1. The van der Waals surface area contributed by atoms with Gasteiger partial charge in [-0.2, -0.15) is 0 Å². The fraction of sp³-hybridized carbons (Fsp3) is 0.444. The number of para-hydroxylation sites is 2. The molecule has 0 aromatic heterocycles. The van der Waals surface area contributed by atoms with Gasteiger partial charge >= 0.3 is 0 Å². The Morgan fingerprint density at radius 2 is 1.78 bits per heavy atom. The summed E-state index contributed by atoms with van der Waals surface area (Å²) in [4.78, 5) is 3.13. The Bertz CT molecular complexity index is 1060. The third-order valence-corrected chi connectivity index (χ3v) is 8.82. The first-order valence-corrected chi connectivity index (χ1v) is 13.1. The monoisotopic (exact) mass is 454 g/mol. The van der Waals surface area contributed by atoms with E-state index in [9.17, 15) is 4.21 Å². The highest BCUT2D eigenvalue weighted by molar-refractivity contribution is 7.98. The topological polar surface area (TPSA) is 32.8 Å². The molecule has 174 valence electrons. The summed E-state index contributed by atoms with van der Waals surface area (Å²) < 4.78 is 21.6. The van der Waals surface area contributed by atoms with Crippen LogP contribution in [0, 0.1) is 12.3 Å². The van der Waals surface area contributed by atoms with Crippen LogP contribution < -0.4 is 9.64 Å². The number of aryl methyl sites for hydroxylation is 1. The first-order valence-electron chi connectivity index (χ1n) is 11.4. The summed E-state index contributed by atoms with van der Waals surface area (Å²) in [6, 6.07) is 14.3. The average molecular weight is 455 g/mol. The van der Waals surface area contributed by atoms with E-state index in [-0.39, 0.29) is 5.41 Å². The standard InChI is InChI=1S/C27H38N2O2S/c1-8-31-26-12-10-9-11-25(26)28-15-17-29(18-16-28)32(7,30)24-14-13-23(22(4)19-24)20-27(5,6)21(2)3/h9-14,19H,2,7-8,15-18,20H2,1,3-6H3. The summed E-state index contributed by atoms with van der Waals surface area (Å²) in [7, 11) is -2.53. The van der Waals surface area contributed by atoms with Crippen molar-refractivity contribution in [1.29, 1.82) is 0 Å². The molecule has 3 rings (SSSR count). The maximum Gasteiger partial charge on any atom is 0.142 e. The lowest BCUT2D eigenvalue weighted by atomic mass is 9.79. The number of rotatable bonds is 8. The molecule has 1 saturated heterocycles. The van der Waals surface area contributed by atoms with Crippen molar-refractivity contribution in [3.8, 4) is 5.75 Å². The lowest BCUT2D eigenvalue weighted by Crippen LogP contribution is -2.48. The first kappa shape index (κ1) is 24.4. The van der Waals surface area contributed by atoms with Gasteiger partial charge in [-0.1, -0.05) is 44.2 Å². The van der Waals surface area contributed by atoms with Gasteiger partial charge in [0, 0.05) is 31.1 Å². The number of hydrogen-bond acceptors (Lipinski definition) is 3. The molecule has 1 heterocycles.